The van der Waals surface area contributed by atoms with Crippen LogP contribution in [0.4, 0.5) is 0 Å². The fraction of sp³-hybridized carbons (Fsp3) is 0.954. The smallest absolute Gasteiger partial charge is 0.478 e. The summed E-state index contributed by atoms with van der Waals surface area (Å²) in [7, 11) is -36.9. The van der Waals surface area contributed by atoms with Gasteiger partial charge >= 0.3 is 76.6 Å². The molecule has 89 heavy (non-hydrogen) atoms. The molecule has 6 aliphatic rings. The fourth-order valence-corrected chi connectivity index (χ4v) is 67.0. The molecule has 0 aromatic rings. The number of aliphatic carboxylic acids is 1. The summed E-state index contributed by atoms with van der Waals surface area (Å²) < 4.78 is 108. The topological polar surface area (TPSA) is 157 Å². The van der Waals surface area contributed by atoms with Crippen LogP contribution in [0.1, 0.15) is 296 Å². The second-order valence-corrected chi connectivity index (χ2v) is 60.1. The molecule has 15 nitrogen and oxygen atoms in total. The Balaban J connectivity index is 1.90. The molecule has 0 aliphatic carbocycles. The maximum atomic E-state index is 12.0. The molecule has 0 aromatic heterocycles. The Kier molecular flexibility index (Phi) is 34.4. The third kappa shape index (κ3) is 28.2. The van der Waals surface area contributed by atoms with Crippen LogP contribution < -0.4 is 0 Å². The summed E-state index contributed by atoms with van der Waals surface area (Å²) in [5.41, 5.74) is 0.214. The van der Waals surface area contributed by atoms with E-state index in [0.717, 1.165) is 186 Å². The van der Waals surface area contributed by atoms with E-state index in [1.54, 1.807) is 0 Å². The van der Waals surface area contributed by atoms with Gasteiger partial charge < -0.3 is 58.6 Å². The molecule has 24 heteroatoms. The average Bonchev–Trinajstić information content (AvgIpc) is 0.690. The summed E-state index contributed by atoms with van der Waals surface area (Å²) in [5.74, 6) is 3.12. The molecule has 0 saturated carbocycles. The second kappa shape index (κ2) is 38.1. The first-order valence-corrected chi connectivity index (χ1v) is 55.2. The maximum absolute atomic E-state index is 12.0. The normalized spacial score (nSPS) is 29.6. The zero-order valence-corrected chi connectivity index (χ0v) is 69.0. The van der Waals surface area contributed by atoms with Gasteiger partial charge in [0.2, 0.25) is 0 Å². The van der Waals surface area contributed by atoms with Crippen molar-refractivity contribution < 1.29 is 63.4 Å². The van der Waals surface area contributed by atoms with Crippen molar-refractivity contribution in [1.29, 1.82) is 0 Å². The highest BCUT2D eigenvalue weighted by Gasteiger charge is 2.84. The van der Waals surface area contributed by atoms with Crippen molar-refractivity contribution in [3.63, 3.8) is 0 Å². The van der Waals surface area contributed by atoms with Crippen molar-refractivity contribution >= 4 is 85.0 Å². The van der Waals surface area contributed by atoms with Gasteiger partial charge in [-0.15, -0.1) is 0 Å². The lowest BCUT2D eigenvalue weighted by atomic mass is 10.1. The molecule has 0 aromatic carbocycles. The van der Waals surface area contributed by atoms with E-state index in [1.165, 1.54) is 0 Å². The van der Waals surface area contributed by atoms with Gasteiger partial charge in [-0.1, -0.05) is 245 Å². The van der Waals surface area contributed by atoms with E-state index in [9.17, 15) is 9.90 Å². The van der Waals surface area contributed by atoms with E-state index in [-0.39, 0.29) is 5.57 Å². The minimum atomic E-state index is -4.70. The molecule has 6 rings (SSSR count). The monoisotopic (exact) mass is 1410 g/mol. The third-order valence-corrected chi connectivity index (χ3v) is 58.9. The van der Waals surface area contributed by atoms with Gasteiger partial charge in [-0.3, -0.25) is 0 Å². The van der Waals surface area contributed by atoms with Crippen LogP contribution in [0.2, 0.25) is 61.4 Å². The van der Waals surface area contributed by atoms with Gasteiger partial charge in [-0.25, -0.2) is 4.79 Å². The lowest BCUT2D eigenvalue weighted by Gasteiger charge is -2.63. The van der Waals surface area contributed by atoms with Crippen molar-refractivity contribution in [3.05, 3.63) is 12.2 Å². The van der Waals surface area contributed by atoms with Crippen LogP contribution in [0.5, 0.6) is 0 Å². The van der Waals surface area contributed by atoms with Crippen molar-refractivity contribution in [1.82, 2.24) is 0 Å². The molecule has 522 valence electrons. The van der Waals surface area contributed by atoms with E-state index >= 15 is 0 Å². The van der Waals surface area contributed by atoms with Gasteiger partial charge in [0.05, 0.1) is 0 Å². The van der Waals surface area contributed by atoms with E-state index < -0.39 is 85.0 Å². The molecule has 0 amide bonds. The molecule has 6 aliphatic heterocycles. The Morgan fingerprint density at radius 1 is 0.326 bits per heavy atom. The number of carboxylic acid groups (broad SMARTS) is 1. The number of hydrogen-bond donors (Lipinski definition) is 1. The summed E-state index contributed by atoms with van der Waals surface area (Å²) in [4.78, 5) is 12.0. The Labute approximate surface area is 555 Å². The van der Waals surface area contributed by atoms with Gasteiger partial charge in [0.25, 0.3) is 0 Å². The van der Waals surface area contributed by atoms with E-state index in [1.807, 2.05) is 0 Å². The summed E-state index contributed by atoms with van der Waals surface area (Å²) in [6, 6.07) is 4.19. The van der Waals surface area contributed by atoms with Crippen LogP contribution in [-0.2, 0) is 58.3 Å². The Morgan fingerprint density at radius 2 is 0.528 bits per heavy atom. The summed E-state index contributed by atoms with van der Waals surface area (Å²) in [6.07, 6.45) is 29.6. The molecule has 6 heterocycles. The summed E-state index contributed by atoms with van der Waals surface area (Å²) in [6.45, 7) is 40.6. The van der Waals surface area contributed by atoms with E-state index in [0.29, 0.717) is 103 Å². The maximum Gasteiger partial charge on any atom is 0.646 e. The first-order valence-electron chi connectivity index (χ1n) is 37.0. The summed E-state index contributed by atoms with van der Waals surface area (Å²) in [5, 5.41) is 9.82. The van der Waals surface area contributed by atoms with E-state index in [2.05, 4.69) is 117 Å². The van der Waals surface area contributed by atoms with Crippen molar-refractivity contribution in [3.8, 4) is 0 Å². The molecule has 6 saturated heterocycles. The molecule has 0 spiro atoms. The van der Waals surface area contributed by atoms with Crippen molar-refractivity contribution in [2.45, 2.75) is 357 Å². The first-order chi connectivity index (χ1) is 41.9. The number of unbranched alkanes of at least 4 members (excludes halogenated alkanes) is 15. The van der Waals surface area contributed by atoms with Crippen molar-refractivity contribution in [2.24, 2.45) is 41.4 Å². The van der Waals surface area contributed by atoms with Gasteiger partial charge in [0.15, 0.2) is 8.32 Å². The molecule has 0 radical (unpaired) electrons. The fourth-order valence-electron chi connectivity index (χ4n) is 13.2. The number of carbonyl (C=O) groups is 1. The Bertz CT molecular complexity index is 1850. The zero-order chi connectivity index (χ0) is 65.5. The van der Waals surface area contributed by atoms with Crippen LogP contribution in [-0.4, -0.2) is 90.1 Å². The van der Waals surface area contributed by atoms with Gasteiger partial charge in [0, 0.05) is 47.9 Å². The zero-order valence-electron chi connectivity index (χ0n) is 60.0. The van der Waals surface area contributed by atoms with Gasteiger partial charge in [0.1, 0.15) is 0 Å². The van der Waals surface area contributed by atoms with Crippen LogP contribution in [0.3, 0.4) is 0 Å². The largest absolute Gasteiger partial charge is 0.646 e. The minimum absolute atomic E-state index is 0.214. The molecule has 6 fully saturated rings. The van der Waals surface area contributed by atoms with Crippen molar-refractivity contribution in [2.75, 3.05) is 0 Å². The van der Waals surface area contributed by atoms with Gasteiger partial charge in [-0.05, 0) is 118 Å². The average molecular weight is 1410 g/mol. The lowest BCUT2D eigenvalue weighted by Crippen LogP contribution is -2.89. The predicted molar refractivity (Wildman–Crippen MR) is 380 cm³/mol. The highest BCUT2D eigenvalue weighted by atomic mass is 28.6. The molecular formula is C65H136O15Si9. The molecule has 0 unspecified atom stereocenters. The number of hydrogen-bond acceptors (Lipinski definition) is 14. The minimum Gasteiger partial charge on any atom is -0.478 e. The quantitative estimate of drug-likeness (QED) is 0.0348. The third-order valence-electron chi connectivity index (χ3n) is 18.2. The molecular weight excluding hydrogens is 1270 g/mol. The molecule has 0 atom stereocenters. The SMILES string of the molecule is C=C(CCCC[Si](C)(C)O[Si]12O[Si]3(CCCCCC(C)C)O[Si]4(CCCCCC(C)C)O[Si]5(CCCCCC(C)C)O[Si](CCCCCC(C)C)(O3)O[Si](CCCCCC(C)C)(O[Si](CCCCCC(C)C)(O5)O[Si](CCCCCC(C)C)(O4)O1)O2)C(=O)O. The molecule has 8 bridgehead atoms. The van der Waals surface area contributed by atoms with Crippen LogP contribution in [0.15, 0.2) is 12.2 Å². The lowest BCUT2D eigenvalue weighted by molar-refractivity contribution is -0.132. The van der Waals surface area contributed by atoms with Crippen LogP contribution >= 0.6 is 0 Å². The Morgan fingerprint density at radius 3 is 0.719 bits per heavy atom. The number of rotatable bonds is 50. The van der Waals surface area contributed by atoms with Crippen LogP contribution in [0, 0.1) is 41.4 Å². The highest BCUT2D eigenvalue weighted by molar-refractivity contribution is 7.03. The van der Waals surface area contributed by atoms with E-state index in [4.69, 9.17) is 53.5 Å². The standard InChI is InChI=1S/C65H136O15Si9/c1-57(2)41-25-18-33-50-82-69-83(51-34-19-26-42-58(3)4)72-86(54-37-22-29-45-61(9)10)74-84(70-82,52-35-20-27-43-59(5)6)76-88(56-39-24-31-47-63(13)14)77-85(71-82,53-36-21-28-44-60(7)8)75-87(73-83,55-38-23-30-46-62(11)12)79-89(78-86,80-88)68-81(16,17)49-40-32-48-64(15)65(66)67/h57-63H,15,18-56H2,1-14,16-17H3,(H,66,67). The van der Waals surface area contributed by atoms with Gasteiger partial charge in [-0.2, -0.15) is 0 Å². The predicted octanol–water partition coefficient (Wildman–Crippen LogP) is 20.8. The highest BCUT2D eigenvalue weighted by Crippen LogP contribution is 2.55. The van der Waals surface area contributed by atoms with Crippen LogP contribution in [0.25, 0.3) is 0 Å². The second-order valence-electron chi connectivity index (χ2n) is 31.4. The molecule has 1 N–H and O–H groups in total. The first kappa shape index (κ1) is 80.3. The summed E-state index contributed by atoms with van der Waals surface area (Å²) >= 11 is 0. The number of carboxylic acids is 1. The Hall–Kier alpha value is 0.642.